The van der Waals surface area contributed by atoms with Gasteiger partial charge in [0.05, 0.1) is 5.69 Å². The molecule has 0 fully saturated rings. The molecule has 0 aliphatic rings. The number of aromatic nitrogens is 2. The van der Waals surface area contributed by atoms with E-state index in [0.717, 1.165) is 17.7 Å². The van der Waals surface area contributed by atoms with Crippen LogP contribution >= 0.6 is 0 Å². The molecule has 0 aliphatic heterocycles. The maximum Gasteiger partial charge on any atom is 0.229 e. The SMILES string of the molecule is Fc1ccc(CCNc2ccnc(Nc3ccc(F)cc3F)n2)cc1. The molecule has 25 heavy (non-hydrogen) atoms. The lowest BCUT2D eigenvalue weighted by molar-refractivity contribution is 0.586. The Balaban J connectivity index is 1.60. The quantitative estimate of drug-likeness (QED) is 0.700. The van der Waals surface area contributed by atoms with Crippen LogP contribution < -0.4 is 10.6 Å². The zero-order chi connectivity index (χ0) is 17.6. The summed E-state index contributed by atoms with van der Waals surface area (Å²) < 4.78 is 39.4. The minimum absolute atomic E-state index is 0.0878. The van der Waals surface area contributed by atoms with Crippen LogP contribution in [0.15, 0.2) is 54.7 Å². The Morgan fingerprint density at radius 1 is 0.880 bits per heavy atom. The third-order valence-electron chi connectivity index (χ3n) is 3.47. The van der Waals surface area contributed by atoms with Crippen molar-refractivity contribution in [1.29, 1.82) is 0 Å². The second-order valence-electron chi connectivity index (χ2n) is 5.32. The summed E-state index contributed by atoms with van der Waals surface area (Å²) in [6.07, 6.45) is 2.22. The van der Waals surface area contributed by atoms with Gasteiger partial charge in [-0.05, 0) is 42.3 Å². The van der Waals surface area contributed by atoms with Crippen molar-refractivity contribution < 1.29 is 13.2 Å². The van der Waals surface area contributed by atoms with Crippen LogP contribution in [-0.4, -0.2) is 16.5 Å². The highest BCUT2D eigenvalue weighted by Gasteiger charge is 2.06. The molecule has 0 atom stereocenters. The molecule has 0 spiro atoms. The summed E-state index contributed by atoms with van der Waals surface area (Å²) in [7, 11) is 0. The largest absolute Gasteiger partial charge is 0.370 e. The highest BCUT2D eigenvalue weighted by atomic mass is 19.1. The Labute approximate surface area is 142 Å². The molecule has 3 aromatic rings. The van der Waals surface area contributed by atoms with E-state index in [-0.39, 0.29) is 17.5 Å². The lowest BCUT2D eigenvalue weighted by Gasteiger charge is -2.09. The minimum atomic E-state index is -0.724. The zero-order valence-corrected chi connectivity index (χ0v) is 13.1. The maximum atomic E-state index is 13.7. The summed E-state index contributed by atoms with van der Waals surface area (Å²) in [4.78, 5) is 8.23. The Kier molecular flexibility index (Phi) is 5.13. The predicted octanol–water partition coefficient (Wildman–Crippen LogP) is 4.29. The molecule has 0 amide bonds. The summed E-state index contributed by atoms with van der Waals surface area (Å²) in [6, 6.07) is 11.2. The Morgan fingerprint density at radius 2 is 1.64 bits per heavy atom. The van der Waals surface area contributed by atoms with Crippen molar-refractivity contribution in [3.8, 4) is 0 Å². The number of hydrogen-bond donors (Lipinski definition) is 2. The van der Waals surface area contributed by atoms with Gasteiger partial charge in [-0.1, -0.05) is 12.1 Å². The van der Waals surface area contributed by atoms with Gasteiger partial charge in [0, 0.05) is 18.8 Å². The maximum absolute atomic E-state index is 13.7. The lowest BCUT2D eigenvalue weighted by Crippen LogP contribution is -2.08. The van der Waals surface area contributed by atoms with Crippen LogP contribution in [-0.2, 0) is 6.42 Å². The first-order valence-electron chi connectivity index (χ1n) is 7.63. The van der Waals surface area contributed by atoms with Crippen molar-refractivity contribution >= 4 is 17.5 Å². The van der Waals surface area contributed by atoms with E-state index < -0.39 is 11.6 Å². The Morgan fingerprint density at radius 3 is 2.40 bits per heavy atom. The van der Waals surface area contributed by atoms with Crippen LogP contribution in [0.3, 0.4) is 0 Å². The first kappa shape index (κ1) is 16.8. The first-order chi connectivity index (χ1) is 12.1. The molecule has 0 saturated heterocycles. The van der Waals surface area contributed by atoms with Gasteiger partial charge in [0.15, 0.2) is 0 Å². The van der Waals surface area contributed by atoms with E-state index in [9.17, 15) is 13.2 Å². The molecule has 7 heteroatoms. The van der Waals surface area contributed by atoms with Gasteiger partial charge in [-0.15, -0.1) is 0 Å². The number of anilines is 3. The fourth-order valence-corrected chi connectivity index (χ4v) is 2.21. The number of rotatable bonds is 6. The molecule has 0 radical (unpaired) electrons. The van der Waals surface area contributed by atoms with E-state index in [1.807, 2.05) is 0 Å². The molecular formula is C18H15F3N4. The molecule has 1 aromatic heterocycles. The molecule has 0 unspecified atom stereocenters. The van der Waals surface area contributed by atoms with Gasteiger partial charge in [0.25, 0.3) is 0 Å². The predicted molar refractivity (Wildman–Crippen MR) is 90.3 cm³/mol. The van der Waals surface area contributed by atoms with E-state index in [4.69, 9.17) is 0 Å². The van der Waals surface area contributed by atoms with Crippen LogP contribution in [0.1, 0.15) is 5.56 Å². The normalized spacial score (nSPS) is 10.5. The molecular weight excluding hydrogens is 329 g/mol. The van der Waals surface area contributed by atoms with E-state index in [1.165, 1.54) is 24.4 Å². The van der Waals surface area contributed by atoms with Crippen molar-refractivity contribution in [3.63, 3.8) is 0 Å². The fourth-order valence-electron chi connectivity index (χ4n) is 2.21. The molecule has 2 aromatic carbocycles. The lowest BCUT2D eigenvalue weighted by atomic mass is 10.1. The Bertz CT molecular complexity index is 853. The second kappa shape index (κ2) is 7.65. The smallest absolute Gasteiger partial charge is 0.229 e. The van der Waals surface area contributed by atoms with Crippen LogP contribution in [0.4, 0.5) is 30.6 Å². The summed E-state index contributed by atoms with van der Waals surface area (Å²) >= 11 is 0. The van der Waals surface area contributed by atoms with Gasteiger partial charge in [-0.3, -0.25) is 0 Å². The van der Waals surface area contributed by atoms with E-state index in [0.29, 0.717) is 18.8 Å². The number of hydrogen-bond acceptors (Lipinski definition) is 4. The summed E-state index contributed by atoms with van der Waals surface area (Å²) in [5.41, 5.74) is 1.08. The van der Waals surface area contributed by atoms with Gasteiger partial charge in [-0.25, -0.2) is 18.2 Å². The summed E-state index contributed by atoms with van der Waals surface area (Å²) in [5, 5.41) is 5.83. The van der Waals surface area contributed by atoms with Crippen LogP contribution in [0.2, 0.25) is 0 Å². The first-order valence-corrected chi connectivity index (χ1v) is 7.63. The number of benzene rings is 2. The molecule has 2 N–H and O–H groups in total. The van der Waals surface area contributed by atoms with Crippen molar-refractivity contribution in [3.05, 3.63) is 77.7 Å². The molecule has 0 aliphatic carbocycles. The molecule has 0 bridgehead atoms. The second-order valence-corrected chi connectivity index (χ2v) is 5.32. The standard InChI is InChI=1S/C18H15F3N4/c19-13-3-1-12(2-4-13)7-9-22-17-8-10-23-18(25-17)24-16-6-5-14(20)11-15(16)21/h1-6,8,10-11H,7,9H2,(H2,22,23,24,25). The van der Waals surface area contributed by atoms with Gasteiger partial charge in [0.2, 0.25) is 5.95 Å². The van der Waals surface area contributed by atoms with Gasteiger partial charge in [-0.2, -0.15) is 4.98 Å². The van der Waals surface area contributed by atoms with Crippen molar-refractivity contribution in [1.82, 2.24) is 9.97 Å². The van der Waals surface area contributed by atoms with E-state index in [2.05, 4.69) is 20.6 Å². The molecule has 128 valence electrons. The van der Waals surface area contributed by atoms with E-state index >= 15 is 0 Å². The zero-order valence-electron chi connectivity index (χ0n) is 13.1. The molecule has 1 heterocycles. The van der Waals surface area contributed by atoms with E-state index in [1.54, 1.807) is 18.2 Å². The Hall–Kier alpha value is -3.09. The average molecular weight is 344 g/mol. The third-order valence-corrected chi connectivity index (χ3v) is 3.47. The van der Waals surface area contributed by atoms with Gasteiger partial charge < -0.3 is 10.6 Å². The topological polar surface area (TPSA) is 49.8 Å². The number of halogens is 3. The van der Waals surface area contributed by atoms with Crippen LogP contribution in [0, 0.1) is 17.5 Å². The van der Waals surface area contributed by atoms with Crippen LogP contribution in [0.5, 0.6) is 0 Å². The van der Waals surface area contributed by atoms with Gasteiger partial charge >= 0.3 is 0 Å². The number of nitrogens with one attached hydrogen (secondary N) is 2. The van der Waals surface area contributed by atoms with Crippen molar-refractivity contribution in [2.24, 2.45) is 0 Å². The molecule has 4 nitrogen and oxygen atoms in total. The van der Waals surface area contributed by atoms with Crippen molar-refractivity contribution in [2.45, 2.75) is 6.42 Å². The third kappa shape index (κ3) is 4.69. The van der Waals surface area contributed by atoms with Crippen LogP contribution in [0.25, 0.3) is 0 Å². The molecule has 3 rings (SSSR count). The number of nitrogens with zero attached hydrogens (tertiary/aromatic N) is 2. The van der Waals surface area contributed by atoms with Gasteiger partial charge in [0.1, 0.15) is 23.3 Å². The fraction of sp³-hybridized carbons (Fsp3) is 0.111. The highest BCUT2D eigenvalue weighted by molar-refractivity contribution is 5.55. The monoisotopic (exact) mass is 344 g/mol. The summed E-state index contributed by atoms with van der Waals surface area (Å²) in [6.45, 7) is 0.590. The molecule has 0 saturated carbocycles. The van der Waals surface area contributed by atoms with Crippen molar-refractivity contribution in [2.75, 3.05) is 17.2 Å². The average Bonchev–Trinajstić information content (AvgIpc) is 2.60. The summed E-state index contributed by atoms with van der Waals surface area (Å²) in [5.74, 6) is -0.894. The minimum Gasteiger partial charge on any atom is -0.370 e. The highest BCUT2D eigenvalue weighted by Crippen LogP contribution is 2.19.